The molecule has 6 nitrogen and oxygen atoms in total. The van der Waals surface area contributed by atoms with Crippen LogP contribution < -0.4 is 11.1 Å². The number of carbonyl (C=O) groups excluding carboxylic acids is 2. The summed E-state index contributed by atoms with van der Waals surface area (Å²) in [7, 11) is 0. The number of aryl methyl sites for hydroxylation is 4. The van der Waals surface area contributed by atoms with Crippen LogP contribution in [0.15, 0.2) is 60.9 Å². The SMILES string of the molecule is Cc1ccc(C(=O)Cl)cc1.Cc1ccc(C(=O)Nc2ncc(C)s2)cc1.Cc1cnc(N)s1. The monoisotopic (exact) mass is 500 g/mol. The first-order valence-corrected chi connectivity index (χ1v) is 11.9. The molecule has 4 aromatic rings. The minimum absolute atomic E-state index is 0.116. The quantitative estimate of drug-likeness (QED) is 0.316. The average Bonchev–Trinajstić information content (AvgIpc) is 3.36. The highest BCUT2D eigenvalue weighted by atomic mass is 35.5. The van der Waals surface area contributed by atoms with Crippen LogP contribution in [0.2, 0.25) is 0 Å². The number of halogens is 1. The number of carbonyl (C=O) groups is 2. The molecule has 1 amide bonds. The molecule has 2 aromatic carbocycles. The molecule has 2 aromatic heterocycles. The van der Waals surface area contributed by atoms with Gasteiger partial charge in [0.1, 0.15) is 0 Å². The second-order valence-corrected chi connectivity index (χ2v) is 9.89. The van der Waals surface area contributed by atoms with Gasteiger partial charge in [0.15, 0.2) is 10.3 Å². The van der Waals surface area contributed by atoms with E-state index in [9.17, 15) is 9.59 Å². The summed E-state index contributed by atoms with van der Waals surface area (Å²) in [6, 6.07) is 14.6. The van der Waals surface area contributed by atoms with Crippen molar-refractivity contribution in [2.45, 2.75) is 27.7 Å². The summed E-state index contributed by atoms with van der Waals surface area (Å²) >= 11 is 8.20. The largest absolute Gasteiger partial charge is 0.375 e. The van der Waals surface area contributed by atoms with Crippen LogP contribution in [0.1, 0.15) is 41.6 Å². The highest BCUT2D eigenvalue weighted by molar-refractivity contribution is 7.15. The number of hydrogen-bond acceptors (Lipinski definition) is 7. The van der Waals surface area contributed by atoms with E-state index >= 15 is 0 Å². The van der Waals surface area contributed by atoms with E-state index in [0.29, 0.717) is 21.4 Å². The lowest BCUT2D eigenvalue weighted by Gasteiger charge is -2.01. The van der Waals surface area contributed by atoms with E-state index in [1.165, 1.54) is 22.7 Å². The number of nitrogens with one attached hydrogen (secondary N) is 1. The molecule has 0 aliphatic heterocycles. The Balaban J connectivity index is 0.000000193. The van der Waals surface area contributed by atoms with E-state index in [0.717, 1.165) is 20.9 Å². The molecule has 4 rings (SSSR count). The normalized spacial score (nSPS) is 9.73. The second-order valence-electron chi connectivity index (χ2n) is 7.05. The molecule has 0 bridgehead atoms. The van der Waals surface area contributed by atoms with E-state index in [-0.39, 0.29) is 5.91 Å². The Hall–Kier alpha value is -3.07. The summed E-state index contributed by atoms with van der Waals surface area (Å²) in [4.78, 5) is 32.5. The van der Waals surface area contributed by atoms with Crippen molar-refractivity contribution < 1.29 is 9.59 Å². The van der Waals surface area contributed by atoms with Crippen molar-refractivity contribution in [1.82, 2.24) is 9.97 Å². The molecule has 0 radical (unpaired) electrons. The third kappa shape index (κ3) is 9.53. The van der Waals surface area contributed by atoms with Gasteiger partial charge in [-0.25, -0.2) is 9.97 Å². The third-order valence-corrected chi connectivity index (χ3v) is 5.86. The van der Waals surface area contributed by atoms with Crippen molar-refractivity contribution in [2.75, 3.05) is 11.1 Å². The summed E-state index contributed by atoms with van der Waals surface area (Å²) in [5, 5.41) is 3.66. The zero-order chi connectivity index (χ0) is 24.4. The van der Waals surface area contributed by atoms with Crippen molar-refractivity contribution in [1.29, 1.82) is 0 Å². The number of nitrogen functional groups attached to an aromatic ring is 1. The first-order valence-electron chi connectivity index (χ1n) is 9.89. The Morgan fingerprint density at radius 1 is 0.788 bits per heavy atom. The molecule has 0 atom stereocenters. The summed E-state index contributed by atoms with van der Waals surface area (Å²) in [5.41, 5.74) is 8.75. The zero-order valence-electron chi connectivity index (χ0n) is 18.8. The van der Waals surface area contributed by atoms with Crippen molar-refractivity contribution in [3.8, 4) is 0 Å². The number of amides is 1. The van der Waals surface area contributed by atoms with Gasteiger partial charge < -0.3 is 5.73 Å². The van der Waals surface area contributed by atoms with E-state index in [1.54, 1.807) is 24.5 Å². The molecule has 0 aliphatic rings. The molecule has 0 fully saturated rings. The van der Waals surface area contributed by atoms with E-state index in [4.69, 9.17) is 17.3 Å². The first kappa shape index (κ1) is 26.2. The van der Waals surface area contributed by atoms with Crippen LogP contribution in [0.4, 0.5) is 10.3 Å². The number of nitrogens with zero attached hydrogens (tertiary/aromatic N) is 2. The topological polar surface area (TPSA) is 98.0 Å². The zero-order valence-corrected chi connectivity index (χ0v) is 21.1. The number of benzene rings is 2. The lowest BCUT2D eigenvalue weighted by atomic mass is 10.1. The lowest BCUT2D eigenvalue weighted by molar-refractivity contribution is 0.102. The van der Waals surface area contributed by atoms with Crippen LogP contribution in [0.5, 0.6) is 0 Å². The van der Waals surface area contributed by atoms with E-state index in [1.807, 2.05) is 64.1 Å². The van der Waals surface area contributed by atoms with Gasteiger partial charge in [-0.05, 0) is 63.6 Å². The molecule has 2 heterocycles. The molecule has 0 unspecified atom stereocenters. The predicted molar refractivity (Wildman–Crippen MR) is 139 cm³/mol. The van der Waals surface area contributed by atoms with E-state index in [2.05, 4.69) is 15.3 Å². The van der Waals surface area contributed by atoms with Crippen LogP contribution in [0, 0.1) is 27.7 Å². The molecule has 0 saturated carbocycles. The number of thiazole rings is 2. The van der Waals surface area contributed by atoms with Gasteiger partial charge in [-0.3, -0.25) is 14.9 Å². The van der Waals surface area contributed by atoms with Crippen molar-refractivity contribution in [2.24, 2.45) is 0 Å². The minimum atomic E-state index is -0.403. The van der Waals surface area contributed by atoms with Crippen molar-refractivity contribution >= 4 is 55.7 Å². The molecule has 172 valence electrons. The predicted octanol–water partition coefficient (Wildman–Crippen LogP) is 6.42. The fraction of sp³-hybridized carbons (Fsp3) is 0.167. The molecular weight excluding hydrogens is 476 g/mol. The van der Waals surface area contributed by atoms with Gasteiger partial charge in [0.2, 0.25) is 0 Å². The van der Waals surface area contributed by atoms with Gasteiger partial charge in [0, 0.05) is 33.3 Å². The number of hydrogen-bond donors (Lipinski definition) is 2. The molecule has 0 saturated heterocycles. The molecule has 0 aliphatic carbocycles. The van der Waals surface area contributed by atoms with Crippen LogP contribution in [-0.4, -0.2) is 21.1 Å². The Kier molecular flexibility index (Phi) is 10.2. The fourth-order valence-electron chi connectivity index (χ4n) is 2.34. The number of aromatic nitrogens is 2. The maximum absolute atomic E-state index is 11.8. The van der Waals surface area contributed by atoms with Gasteiger partial charge in [-0.15, -0.1) is 22.7 Å². The molecular formula is C24H25ClN4O2S2. The maximum Gasteiger partial charge on any atom is 0.257 e. The summed E-state index contributed by atoms with van der Waals surface area (Å²) in [6.45, 7) is 7.89. The molecule has 3 N–H and O–H groups in total. The second kappa shape index (κ2) is 12.8. The highest BCUT2D eigenvalue weighted by Gasteiger charge is 2.07. The van der Waals surface area contributed by atoms with Gasteiger partial charge >= 0.3 is 0 Å². The molecule has 33 heavy (non-hydrogen) atoms. The average molecular weight is 501 g/mol. The summed E-state index contributed by atoms with van der Waals surface area (Å²) in [5.74, 6) is -0.116. The third-order valence-electron chi connectivity index (χ3n) is 4.07. The van der Waals surface area contributed by atoms with Crippen molar-refractivity contribution in [3.05, 3.63) is 92.9 Å². The van der Waals surface area contributed by atoms with Crippen LogP contribution in [0.25, 0.3) is 0 Å². The van der Waals surface area contributed by atoms with E-state index < -0.39 is 5.24 Å². The van der Waals surface area contributed by atoms with Gasteiger partial charge in [-0.1, -0.05) is 35.4 Å². The van der Waals surface area contributed by atoms with Gasteiger partial charge in [0.25, 0.3) is 11.1 Å². The summed E-state index contributed by atoms with van der Waals surface area (Å²) in [6.07, 6.45) is 3.51. The first-order chi connectivity index (χ1) is 15.6. The number of anilines is 2. The van der Waals surface area contributed by atoms with Crippen molar-refractivity contribution in [3.63, 3.8) is 0 Å². The molecule has 9 heteroatoms. The lowest BCUT2D eigenvalue weighted by Crippen LogP contribution is -2.11. The maximum atomic E-state index is 11.8. The number of rotatable bonds is 3. The fourth-order valence-corrected chi connectivity index (χ4v) is 3.67. The van der Waals surface area contributed by atoms with Crippen LogP contribution >= 0.6 is 34.3 Å². The minimum Gasteiger partial charge on any atom is -0.375 e. The standard InChI is InChI=1S/C12H12N2OS.C8H7ClO.C4H6N2S/c1-8-3-5-10(6-4-8)11(15)14-12-13-7-9(2)16-12;1-6-2-4-7(5-3-6)8(9)10;1-3-2-6-4(5)7-3/h3-7H,1-2H3,(H,13,14,15);2-5H,1H3;2H,1H3,(H2,5,6). The summed E-state index contributed by atoms with van der Waals surface area (Å²) < 4.78 is 0. The van der Waals surface area contributed by atoms with Gasteiger partial charge in [-0.2, -0.15) is 0 Å². The van der Waals surface area contributed by atoms with Gasteiger partial charge in [0.05, 0.1) is 0 Å². The Labute approximate surface area is 206 Å². The Bertz CT molecular complexity index is 1170. The molecule has 0 spiro atoms. The smallest absolute Gasteiger partial charge is 0.257 e. The number of nitrogens with two attached hydrogens (primary N) is 1. The highest BCUT2D eigenvalue weighted by Crippen LogP contribution is 2.17. The van der Waals surface area contributed by atoms with Crippen LogP contribution in [-0.2, 0) is 0 Å². The Morgan fingerprint density at radius 3 is 1.64 bits per heavy atom. The van der Waals surface area contributed by atoms with Crippen LogP contribution in [0.3, 0.4) is 0 Å². The Morgan fingerprint density at radius 2 is 1.27 bits per heavy atom.